The van der Waals surface area contributed by atoms with Gasteiger partial charge in [-0.3, -0.25) is 4.79 Å². The Kier molecular flexibility index (Phi) is 3.03. The van der Waals surface area contributed by atoms with Crippen LogP contribution in [0.25, 0.3) is 0 Å². The van der Waals surface area contributed by atoms with Gasteiger partial charge in [0.1, 0.15) is 6.04 Å². The number of hydrogen-bond donors (Lipinski definition) is 2. The van der Waals surface area contributed by atoms with Crippen molar-refractivity contribution in [3.63, 3.8) is 0 Å². The number of hydrogen-bond acceptors (Lipinski definition) is 3. The number of nitrogens with zero attached hydrogens (tertiary/aromatic N) is 1. The van der Waals surface area contributed by atoms with Crippen LogP contribution in [0.3, 0.4) is 0 Å². The zero-order valence-electron chi connectivity index (χ0n) is 12.1. The first-order valence-corrected chi connectivity index (χ1v) is 8.24. The van der Waals surface area contributed by atoms with Crippen molar-refractivity contribution in [3.05, 3.63) is 0 Å². The Hall–Kier alpha value is -1.10. The summed E-state index contributed by atoms with van der Waals surface area (Å²) in [6.07, 6.45) is 5.43. The second kappa shape index (κ2) is 4.70. The maximum atomic E-state index is 12.9. The van der Waals surface area contributed by atoms with Gasteiger partial charge in [0.15, 0.2) is 0 Å². The lowest BCUT2D eigenvalue weighted by molar-refractivity contribution is -0.157. The van der Waals surface area contributed by atoms with Gasteiger partial charge in [0.25, 0.3) is 0 Å². The van der Waals surface area contributed by atoms with Crippen molar-refractivity contribution in [1.29, 1.82) is 0 Å². The molecule has 5 aliphatic rings. The van der Waals surface area contributed by atoms with Crippen molar-refractivity contribution >= 4 is 11.9 Å². The molecule has 1 amide bonds. The summed E-state index contributed by atoms with van der Waals surface area (Å²) in [4.78, 5) is 25.8. The largest absolute Gasteiger partial charge is 0.480 e. The van der Waals surface area contributed by atoms with Crippen LogP contribution in [0, 0.1) is 29.6 Å². The molecule has 2 atom stereocenters. The van der Waals surface area contributed by atoms with Gasteiger partial charge in [-0.1, -0.05) is 0 Å². The highest BCUT2D eigenvalue weighted by molar-refractivity contribution is 5.86. The highest BCUT2D eigenvalue weighted by atomic mass is 16.4. The number of carbonyl (C=O) groups is 2. The molecule has 2 N–H and O–H groups in total. The molecule has 0 aromatic heterocycles. The molecule has 5 fully saturated rings. The topological polar surface area (TPSA) is 77.8 Å². The summed E-state index contributed by atoms with van der Waals surface area (Å²) in [5.41, 5.74) is 0. The Labute approximate surface area is 124 Å². The molecule has 5 heteroatoms. The second-order valence-corrected chi connectivity index (χ2v) is 7.69. The molecule has 116 valence electrons. The van der Waals surface area contributed by atoms with Gasteiger partial charge < -0.3 is 15.1 Å². The molecule has 0 spiro atoms. The van der Waals surface area contributed by atoms with Crippen LogP contribution in [0.4, 0.5) is 0 Å². The van der Waals surface area contributed by atoms with Crippen LogP contribution in [-0.2, 0) is 9.59 Å². The number of carboxylic acid groups (broad SMARTS) is 1. The van der Waals surface area contributed by atoms with Gasteiger partial charge in [-0.2, -0.15) is 0 Å². The third-order valence-electron chi connectivity index (χ3n) is 6.36. The fraction of sp³-hybridized carbons (Fsp3) is 0.875. The Balaban J connectivity index is 1.56. The summed E-state index contributed by atoms with van der Waals surface area (Å²) in [5, 5.41) is 19.1. The first kappa shape index (κ1) is 13.6. The molecule has 5 nitrogen and oxygen atoms in total. The van der Waals surface area contributed by atoms with E-state index in [0.717, 1.165) is 37.5 Å². The summed E-state index contributed by atoms with van der Waals surface area (Å²) in [5.74, 6) is 1.57. The van der Waals surface area contributed by atoms with Crippen molar-refractivity contribution in [2.45, 2.75) is 50.7 Å². The summed E-state index contributed by atoms with van der Waals surface area (Å²) in [6.45, 7) is 0.193. The standard InChI is InChI=1S/C16H23NO4/c18-12-6-13(16(20)21)17(7-12)15(19)14-10-2-8-1-9(4-10)5-11(14)3-8/h8-14,18H,1-7H2,(H,20,21)/t8?,9?,10?,11?,12-,13-,14?/m0/s1. The monoisotopic (exact) mass is 293 g/mol. The minimum Gasteiger partial charge on any atom is -0.480 e. The fourth-order valence-electron chi connectivity index (χ4n) is 5.81. The van der Waals surface area contributed by atoms with E-state index in [0.29, 0.717) is 11.8 Å². The fourth-order valence-corrected chi connectivity index (χ4v) is 5.81. The number of rotatable bonds is 2. The second-order valence-electron chi connectivity index (χ2n) is 7.69. The molecular formula is C16H23NO4. The van der Waals surface area contributed by atoms with Gasteiger partial charge >= 0.3 is 5.97 Å². The predicted octanol–water partition coefficient (Wildman–Crippen LogP) is 1.11. The van der Waals surface area contributed by atoms with E-state index in [9.17, 15) is 19.8 Å². The lowest BCUT2D eigenvalue weighted by Gasteiger charge is -2.54. The minimum absolute atomic E-state index is 0.00718. The van der Waals surface area contributed by atoms with Crippen molar-refractivity contribution in [2.24, 2.45) is 29.6 Å². The van der Waals surface area contributed by atoms with E-state index in [4.69, 9.17) is 0 Å². The molecule has 0 radical (unpaired) electrons. The number of aliphatic carboxylic acids is 1. The third kappa shape index (κ3) is 2.08. The summed E-state index contributed by atoms with van der Waals surface area (Å²) in [7, 11) is 0. The zero-order valence-corrected chi connectivity index (χ0v) is 12.1. The smallest absolute Gasteiger partial charge is 0.326 e. The number of carbonyl (C=O) groups excluding carboxylic acids is 1. The van der Waals surface area contributed by atoms with E-state index in [-0.39, 0.29) is 24.8 Å². The average molecular weight is 293 g/mol. The van der Waals surface area contributed by atoms with E-state index in [1.807, 2.05) is 0 Å². The van der Waals surface area contributed by atoms with Gasteiger partial charge in [-0.15, -0.1) is 0 Å². The van der Waals surface area contributed by atoms with Crippen molar-refractivity contribution < 1.29 is 19.8 Å². The summed E-state index contributed by atoms with van der Waals surface area (Å²) >= 11 is 0. The van der Waals surface area contributed by atoms with E-state index < -0.39 is 18.1 Å². The third-order valence-corrected chi connectivity index (χ3v) is 6.36. The van der Waals surface area contributed by atoms with Gasteiger partial charge in [-0.25, -0.2) is 4.79 Å². The number of aliphatic hydroxyl groups is 1. The van der Waals surface area contributed by atoms with E-state index in [1.54, 1.807) is 0 Å². The molecule has 1 saturated heterocycles. The number of β-amino-alcohol motifs (C(OH)–C–C–N with tert-alkyl or cyclic N) is 1. The number of aliphatic hydroxyl groups excluding tert-OH is 1. The van der Waals surface area contributed by atoms with E-state index in [1.165, 1.54) is 11.3 Å². The van der Waals surface area contributed by atoms with Gasteiger partial charge in [0, 0.05) is 18.9 Å². The summed E-state index contributed by atoms with van der Waals surface area (Å²) < 4.78 is 0. The Bertz CT molecular complexity index is 449. The van der Waals surface area contributed by atoms with Gasteiger partial charge in [-0.05, 0) is 55.8 Å². The maximum Gasteiger partial charge on any atom is 0.326 e. The van der Waals surface area contributed by atoms with Crippen LogP contribution in [-0.4, -0.2) is 45.7 Å². The van der Waals surface area contributed by atoms with E-state index >= 15 is 0 Å². The Morgan fingerprint density at radius 1 is 0.905 bits per heavy atom. The molecule has 0 aromatic carbocycles. The molecule has 1 heterocycles. The first-order chi connectivity index (χ1) is 10.0. The lowest BCUT2D eigenvalue weighted by atomic mass is 9.51. The highest BCUT2D eigenvalue weighted by Gasteiger charge is 2.53. The quantitative estimate of drug-likeness (QED) is 0.799. The van der Waals surface area contributed by atoms with Crippen LogP contribution in [0.2, 0.25) is 0 Å². The number of carboxylic acids is 1. The zero-order chi connectivity index (χ0) is 14.7. The van der Waals surface area contributed by atoms with E-state index in [2.05, 4.69) is 0 Å². The Morgan fingerprint density at radius 2 is 1.48 bits per heavy atom. The van der Waals surface area contributed by atoms with Crippen LogP contribution in [0.1, 0.15) is 38.5 Å². The maximum absolute atomic E-state index is 12.9. The average Bonchev–Trinajstić information content (AvgIpc) is 2.79. The van der Waals surface area contributed by atoms with Gasteiger partial charge in [0.2, 0.25) is 5.91 Å². The van der Waals surface area contributed by atoms with Crippen LogP contribution < -0.4 is 0 Å². The van der Waals surface area contributed by atoms with Crippen LogP contribution in [0.5, 0.6) is 0 Å². The molecule has 1 aliphatic heterocycles. The normalized spacial score (nSPS) is 47.9. The molecule has 4 saturated carbocycles. The molecule has 0 aromatic rings. The molecular weight excluding hydrogens is 270 g/mol. The molecule has 5 rings (SSSR count). The Morgan fingerprint density at radius 3 is 2.00 bits per heavy atom. The number of likely N-dealkylation sites (tertiary alicyclic amines) is 1. The SMILES string of the molecule is O=C(O)[C@@H]1C[C@H](O)CN1C(=O)C1C2CC3CC(C2)CC1C3. The van der Waals surface area contributed by atoms with Crippen molar-refractivity contribution in [1.82, 2.24) is 4.90 Å². The molecule has 21 heavy (non-hydrogen) atoms. The van der Waals surface area contributed by atoms with Crippen molar-refractivity contribution in [2.75, 3.05) is 6.54 Å². The molecule has 4 bridgehead atoms. The molecule has 4 aliphatic carbocycles. The first-order valence-electron chi connectivity index (χ1n) is 8.24. The predicted molar refractivity (Wildman–Crippen MR) is 74.3 cm³/mol. The minimum atomic E-state index is -0.983. The number of amides is 1. The van der Waals surface area contributed by atoms with Crippen LogP contribution >= 0.6 is 0 Å². The van der Waals surface area contributed by atoms with Gasteiger partial charge in [0.05, 0.1) is 6.10 Å². The lowest BCUT2D eigenvalue weighted by Crippen LogP contribution is -2.53. The highest BCUT2D eigenvalue weighted by Crippen LogP contribution is 2.57. The van der Waals surface area contributed by atoms with Crippen molar-refractivity contribution in [3.8, 4) is 0 Å². The molecule has 0 unspecified atom stereocenters. The van der Waals surface area contributed by atoms with Crippen LogP contribution in [0.15, 0.2) is 0 Å². The summed E-state index contributed by atoms with van der Waals surface area (Å²) in [6, 6.07) is -0.829.